The van der Waals surface area contributed by atoms with Crippen molar-refractivity contribution in [1.82, 2.24) is 10.0 Å². The van der Waals surface area contributed by atoms with Gasteiger partial charge in [-0.1, -0.05) is 37.3 Å². The number of benzene rings is 1. The van der Waals surface area contributed by atoms with E-state index < -0.39 is 0 Å². The number of rotatable bonds is 3. The number of likely N-dealkylation sites (N-methyl/N-ethyl adjacent to an activating group) is 1. The Morgan fingerprint density at radius 2 is 1.72 bits per heavy atom. The molecule has 2 amide bonds. The number of hydrazine groups is 1. The van der Waals surface area contributed by atoms with Crippen molar-refractivity contribution in [2.75, 3.05) is 14.1 Å². The van der Waals surface area contributed by atoms with E-state index in [1.807, 2.05) is 30.3 Å². The molecule has 4 nitrogen and oxygen atoms in total. The molecule has 1 rings (SSSR count). The van der Waals surface area contributed by atoms with Crippen LogP contribution in [0.2, 0.25) is 0 Å². The molecule has 0 radical (unpaired) electrons. The lowest BCUT2D eigenvalue weighted by atomic mass is 10.2. The number of hydrogen-bond acceptors (Lipinski definition) is 2. The predicted molar refractivity (Wildman–Crippen MR) is 71.3 cm³/mol. The molecule has 0 atom stereocenters. The van der Waals surface area contributed by atoms with Gasteiger partial charge in [-0.3, -0.25) is 19.6 Å². The molecule has 0 aliphatic heterocycles. The lowest BCUT2D eigenvalue weighted by molar-refractivity contribution is -0.154. The van der Waals surface area contributed by atoms with Crippen LogP contribution in [0, 0.1) is 0 Å². The Kier molecular flexibility index (Phi) is 5.11. The van der Waals surface area contributed by atoms with Gasteiger partial charge in [0.05, 0.1) is 0 Å². The van der Waals surface area contributed by atoms with Crippen molar-refractivity contribution in [3.05, 3.63) is 42.0 Å². The van der Waals surface area contributed by atoms with E-state index in [4.69, 9.17) is 0 Å². The smallest absolute Gasteiger partial charge is 0.264 e. The maximum Gasteiger partial charge on any atom is 0.264 e. The Bertz CT molecular complexity index is 440. The van der Waals surface area contributed by atoms with Crippen LogP contribution in [0.3, 0.4) is 0 Å². The van der Waals surface area contributed by atoms with Gasteiger partial charge in [0.1, 0.15) is 0 Å². The average molecular weight is 246 g/mol. The molecule has 0 fully saturated rings. The number of carbonyl (C=O) groups is 2. The number of carbonyl (C=O) groups excluding carboxylic acids is 2. The lowest BCUT2D eigenvalue weighted by Crippen LogP contribution is -2.43. The van der Waals surface area contributed by atoms with Crippen LogP contribution in [0.1, 0.15) is 18.9 Å². The Balaban J connectivity index is 2.66. The summed E-state index contributed by atoms with van der Waals surface area (Å²) in [5, 5.41) is 2.61. The van der Waals surface area contributed by atoms with Crippen LogP contribution < -0.4 is 0 Å². The van der Waals surface area contributed by atoms with Gasteiger partial charge in [-0.05, 0) is 11.6 Å². The summed E-state index contributed by atoms with van der Waals surface area (Å²) < 4.78 is 0. The van der Waals surface area contributed by atoms with Gasteiger partial charge in [0, 0.05) is 26.6 Å². The SMILES string of the molecule is CCC(=O)N(C)N(C)C(=O)C=Cc1ccccc1. The van der Waals surface area contributed by atoms with E-state index in [-0.39, 0.29) is 11.8 Å². The summed E-state index contributed by atoms with van der Waals surface area (Å²) in [6.45, 7) is 1.76. The molecule has 1 aromatic rings. The van der Waals surface area contributed by atoms with Crippen molar-refractivity contribution in [3.8, 4) is 0 Å². The van der Waals surface area contributed by atoms with Crippen LogP contribution in [-0.4, -0.2) is 35.9 Å². The van der Waals surface area contributed by atoms with Crippen molar-refractivity contribution >= 4 is 17.9 Å². The standard InChI is InChI=1S/C14H18N2O2/c1-4-13(17)15(2)16(3)14(18)11-10-12-8-6-5-7-9-12/h5-11H,4H2,1-3H3. The zero-order valence-corrected chi connectivity index (χ0v) is 11.0. The molecule has 0 spiro atoms. The van der Waals surface area contributed by atoms with Crippen LogP contribution >= 0.6 is 0 Å². The molecule has 0 saturated carbocycles. The first kappa shape index (κ1) is 14.0. The van der Waals surface area contributed by atoms with Gasteiger partial charge in [-0.25, -0.2) is 0 Å². The summed E-state index contributed by atoms with van der Waals surface area (Å²) in [6, 6.07) is 9.54. The minimum Gasteiger partial charge on any atom is -0.273 e. The van der Waals surface area contributed by atoms with Gasteiger partial charge in [0.2, 0.25) is 5.91 Å². The molecule has 0 aromatic heterocycles. The molecule has 96 valence electrons. The summed E-state index contributed by atoms with van der Waals surface area (Å²) in [6.07, 6.45) is 3.55. The summed E-state index contributed by atoms with van der Waals surface area (Å²) in [4.78, 5) is 23.3. The third-order valence-electron chi connectivity index (χ3n) is 2.65. The van der Waals surface area contributed by atoms with Crippen molar-refractivity contribution < 1.29 is 9.59 Å². The Morgan fingerprint density at radius 3 is 2.28 bits per heavy atom. The quantitative estimate of drug-likeness (QED) is 0.604. The summed E-state index contributed by atoms with van der Waals surface area (Å²) >= 11 is 0. The molecule has 4 heteroatoms. The highest BCUT2D eigenvalue weighted by Gasteiger charge is 2.14. The fourth-order valence-corrected chi connectivity index (χ4v) is 1.38. The van der Waals surface area contributed by atoms with Crippen LogP contribution in [0.25, 0.3) is 6.08 Å². The maximum atomic E-state index is 11.8. The number of amides is 2. The molecule has 0 bridgehead atoms. The lowest BCUT2D eigenvalue weighted by Gasteiger charge is -2.26. The minimum atomic E-state index is -0.233. The van der Waals surface area contributed by atoms with Gasteiger partial charge in [0.25, 0.3) is 5.91 Å². The third-order valence-corrected chi connectivity index (χ3v) is 2.65. The van der Waals surface area contributed by atoms with Gasteiger partial charge in [-0.2, -0.15) is 0 Å². The first-order chi connectivity index (χ1) is 8.56. The molecule has 18 heavy (non-hydrogen) atoms. The van der Waals surface area contributed by atoms with Crippen LogP contribution in [0.15, 0.2) is 36.4 Å². The molecule has 0 unspecified atom stereocenters. The first-order valence-electron chi connectivity index (χ1n) is 5.83. The highest BCUT2D eigenvalue weighted by Crippen LogP contribution is 2.03. The van der Waals surface area contributed by atoms with E-state index in [0.717, 1.165) is 5.56 Å². The maximum absolute atomic E-state index is 11.8. The van der Waals surface area contributed by atoms with E-state index in [2.05, 4.69) is 0 Å². The normalized spacial score (nSPS) is 10.4. The van der Waals surface area contributed by atoms with E-state index in [9.17, 15) is 9.59 Å². The molecule has 0 aliphatic rings. The Morgan fingerprint density at radius 1 is 1.11 bits per heavy atom. The molecule has 1 aromatic carbocycles. The van der Waals surface area contributed by atoms with E-state index >= 15 is 0 Å². The second kappa shape index (κ2) is 6.59. The minimum absolute atomic E-state index is 0.0982. The Hall–Kier alpha value is -2.10. The number of nitrogens with zero attached hydrogens (tertiary/aromatic N) is 2. The molecule has 0 N–H and O–H groups in total. The Labute approximate surface area is 107 Å². The summed E-state index contributed by atoms with van der Waals surface area (Å²) in [7, 11) is 3.16. The highest BCUT2D eigenvalue weighted by atomic mass is 16.2. The van der Waals surface area contributed by atoms with Crippen LogP contribution in [0.5, 0.6) is 0 Å². The molecular formula is C14H18N2O2. The van der Waals surface area contributed by atoms with Gasteiger partial charge < -0.3 is 0 Å². The molecule has 0 saturated heterocycles. The molecule has 0 heterocycles. The van der Waals surface area contributed by atoms with E-state index in [1.54, 1.807) is 27.1 Å². The van der Waals surface area contributed by atoms with E-state index in [0.29, 0.717) is 6.42 Å². The highest BCUT2D eigenvalue weighted by molar-refractivity contribution is 5.92. The topological polar surface area (TPSA) is 40.6 Å². The zero-order chi connectivity index (χ0) is 13.5. The zero-order valence-electron chi connectivity index (χ0n) is 11.0. The van der Waals surface area contributed by atoms with Gasteiger partial charge >= 0.3 is 0 Å². The predicted octanol–water partition coefficient (Wildman–Crippen LogP) is 1.94. The van der Waals surface area contributed by atoms with Gasteiger partial charge in [-0.15, -0.1) is 0 Å². The van der Waals surface area contributed by atoms with Gasteiger partial charge in [0.15, 0.2) is 0 Å². The van der Waals surface area contributed by atoms with Crippen molar-refractivity contribution in [2.24, 2.45) is 0 Å². The van der Waals surface area contributed by atoms with Crippen molar-refractivity contribution in [1.29, 1.82) is 0 Å². The monoisotopic (exact) mass is 246 g/mol. The van der Waals surface area contributed by atoms with Crippen LogP contribution in [0.4, 0.5) is 0 Å². The van der Waals surface area contributed by atoms with Crippen LogP contribution in [-0.2, 0) is 9.59 Å². The second-order valence-electron chi connectivity index (χ2n) is 3.88. The molecule has 0 aliphatic carbocycles. The first-order valence-corrected chi connectivity index (χ1v) is 5.83. The average Bonchev–Trinajstić information content (AvgIpc) is 2.43. The summed E-state index contributed by atoms with van der Waals surface area (Å²) in [5.74, 6) is -0.331. The number of hydrogen-bond donors (Lipinski definition) is 0. The second-order valence-corrected chi connectivity index (χ2v) is 3.88. The molecular weight excluding hydrogens is 228 g/mol. The third kappa shape index (κ3) is 3.73. The fraction of sp³-hybridized carbons (Fsp3) is 0.286. The van der Waals surface area contributed by atoms with Crippen molar-refractivity contribution in [3.63, 3.8) is 0 Å². The largest absolute Gasteiger partial charge is 0.273 e. The van der Waals surface area contributed by atoms with E-state index in [1.165, 1.54) is 16.1 Å². The fourth-order valence-electron chi connectivity index (χ4n) is 1.38. The van der Waals surface area contributed by atoms with Crippen molar-refractivity contribution in [2.45, 2.75) is 13.3 Å². The summed E-state index contributed by atoms with van der Waals surface area (Å²) in [5.41, 5.74) is 0.948.